The molecular formula is C15H22N2O2. The van der Waals surface area contributed by atoms with Crippen LogP contribution in [-0.2, 0) is 4.79 Å². The van der Waals surface area contributed by atoms with E-state index in [0.717, 1.165) is 31.2 Å². The Morgan fingerprint density at radius 2 is 2.00 bits per heavy atom. The minimum absolute atomic E-state index is 0.0323. The molecule has 2 rings (SSSR count). The van der Waals surface area contributed by atoms with Gasteiger partial charge in [0.1, 0.15) is 0 Å². The summed E-state index contributed by atoms with van der Waals surface area (Å²) >= 11 is 0. The first-order valence-corrected chi connectivity index (χ1v) is 6.94. The summed E-state index contributed by atoms with van der Waals surface area (Å²) in [5.41, 5.74) is 6.93. The maximum Gasteiger partial charge on any atom is 0.225 e. The fourth-order valence-corrected chi connectivity index (χ4v) is 2.68. The second kappa shape index (κ2) is 6.68. The maximum absolute atomic E-state index is 12.2. The van der Waals surface area contributed by atoms with E-state index in [0.29, 0.717) is 0 Å². The largest absolute Gasteiger partial charge is 0.394 e. The molecule has 0 bridgehead atoms. The number of benzene rings is 1. The van der Waals surface area contributed by atoms with Crippen LogP contribution in [0.2, 0.25) is 0 Å². The maximum atomic E-state index is 12.2. The molecule has 0 spiro atoms. The zero-order valence-electron chi connectivity index (χ0n) is 11.1. The number of aliphatic hydroxyl groups is 1. The molecule has 0 saturated heterocycles. The number of nitrogens with one attached hydrogen (secondary N) is 1. The van der Waals surface area contributed by atoms with Crippen molar-refractivity contribution in [3.8, 4) is 0 Å². The predicted molar refractivity (Wildman–Crippen MR) is 74.3 cm³/mol. The van der Waals surface area contributed by atoms with E-state index in [1.165, 1.54) is 0 Å². The molecule has 3 unspecified atom stereocenters. The van der Waals surface area contributed by atoms with Gasteiger partial charge in [-0.25, -0.2) is 0 Å². The van der Waals surface area contributed by atoms with Crippen molar-refractivity contribution in [2.45, 2.75) is 37.8 Å². The molecular weight excluding hydrogens is 240 g/mol. The number of rotatable bonds is 4. The third-order valence-electron chi connectivity index (χ3n) is 3.86. The lowest BCUT2D eigenvalue weighted by atomic mass is 9.84. The van der Waals surface area contributed by atoms with Gasteiger partial charge in [0.15, 0.2) is 0 Å². The van der Waals surface area contributed by atoms with Gasteiger partial charge in [0, 0.05) is 6.04 Å². The van der Waals surface area contributed by atoms with E-state index in [1.54, 1.807) is 0 Å². The van der Waals surface area contributed by atoms with E-state index in [4.69, 9.17) is 5.73 Å². The molecule has 1 aromatic rings. The smallest absolute Gasteiger partial charge is 0.225 e. The van der Waals surface area contributed by atoms with Gasteiger partial charge in [-0.15, -0.1) is 0 Å². The summed E-state index contributed by atoms with van der Waals surface area (Å²) in [5.74, 6) is -0.151. The number of hydrogen-bond donors (Lipinski definition) is 3. The van der Waals surface area contributed by atoms with Gasteiger partial charge >= 0.3 is 0 Å². The van der Waals surface area contributed by atoms with Gasteiger partial charge in [0.25, 0.3) is 0 Å². The molecule has 1 amide bonds. The molecule has 0 aliphatic heterocycles. The van der Waals surface area contributed by atoms with Crippen molar-refractivity contribution < 1.29 is 9.90 Å². The van der Waals surface area contributed by atoms with Crippen LogP contribution in [0.25, 0.3) is 0 Å². The zero-order chi connectivity index (χ0) is 13.7. The molecule has 19 heavy (non-hydrogen) atoms. The van der Waals surface area contributed by atoms with Crippen LogP contribution in [0, 0.1) is 5.92 Å². The van der Waals surface area contributed by atoms with Gasteiger partial charge in [0.05, 0.1) is 18.6 Å². The molecule has 4 N–H and O–H groups in total. The fraction of sp³-hybridized carbons (Fsp3) is 0.533. The zero-order valence-corrected chi connectivity index (χ0v) is 11.1. The lowest BCUT2D eigenvalue weighted by molar-refractivity contribution is -0.127. The fourth-order valence-electron chi connectivity index (χ4n) is 2.68. The molecule has 1 aliphatic carbocycles. The highest BCUT2D eigenvalue weighted by Gasteiger charge is 2.29. The summed E-state index contributed by atoms with van der Waals surface area (Å²) < 4.78 is 0. The molecule has 1 aliphatic rings. The van der Waals surface area contributed by atoms with Crippen molar-refractivity contribution in [1.29, 1.82) is 0 Å². The van der Waals surface area contributed by atoms with Crippen molar-refractivity contribution >= 4 is 5.91 Å². The van der Waals surface area contributed by atoms with E-state index in [2.05, 4.69) is 5.32 Å². The summed E-state index contributed by atoms with van der Waals surface area (Å²) in [7, 11) is 0. The van der Waals surface area contributed by atoms with E-state index in [1.807, 2.05) is 30.3 Å². The summed E-state index contributed by atoms with van der Waals surface area (Å²) in [6.45, 7) is -0.0995. The van der Waals surface area contributed by atoms with Crippen LogP contribution in [0.1, 0.15) is 37.3 Å². The lowest BCUT2D eigenvalue weighted by Gasteiger charge is -2.29. The van der Waals surface area contributed by atoms with Crippen LogP contribution < -0.4 is 11.1 Å². The number of carbonyl (C=O) groups is 1. The predicted octanol–water partition coefficient (Wildman–Crippen LogP) is 1.35. The topological polar surface area (TPSA) is 75.4 Å². The second-order valence-electron chi connectivity index (χ2n) is 5.21. The van der Waals surface area contributed by atoms with Gasteiger partial charge in [-0.3, -0.25) is 4.79 Å². The summed E-state index contributed by atoms with van der Waals surface area (Å²) in [5, 5.41) is 12.4. The van der Waals surface area contributed by atoms with Crippen molar-refractivity contribution in [2.24, 2.45) is 11.7 Å². The summed E-state index contributed by atoms with van der Waals surface area (Å²) in [6.07, 6.45) is 3.92. The Morgan fingerprint density at radius 3 is 2.63 bits per heavy atom. The molecule has 4 heteroatoms. The Balaban J connectivity index is 2.00. The third-order valence-corrected chi connectivity index (χ3v) is 3.86. The van der Waals surface area contributed by atoms with E-state index >= 15 is 0 Å². The number of hydrogen-bond acceptors (Lipinski definition) is 3. The molecule has 1 aromatic carbocycles. The lowest BCUT2D eigenvalue weighted by Crippen LogP contribution is -2.45. The van der Waals surface area contributed by atoms with Gasteiger partial charge in [-0.1, -0.05) is 43.2 Å². The van der Waals surface area contributed by atoms with Gasteiger partial charge in [-0.05, 0) is 18.4 Å². The minimum atomic E-state index is -0.345. The highest BCUT2D eigenvalue weighted by molar-refractivity contribution is 5.80. The molecule has 0 aromatic heterocycles. The first-order chi connectivity index (χ1) is 9.22. The van der Waals surface area contributed by atoms with E-state index < -0.39 is 0 Å². The number of nitrogens with two attached hydrogens (primary N) is 1. The van der Waals surface area contributed by atoms with Crippen LogP contribution in [0.5, 0.6) is 0 Å². The Bertz CT molecular complexity index is 408. The van der Waals surface area contributed by atoms with E-state index in [-0.39, 0.29) is 30.5 Å². The number of aliphatic hydroxyl groups excluding tert-OH is 1. The van der Waals surface area contributed by atoms with Crippen molar-refractivity contribution in [2.75, 3.05) is 6.61 Å². The Hall–Kier alpha value is -1.39. The quantitative estimate of drug-likeness (QED) is 0.766. The molecule has 3 atom stereocenters. The van der Waals surface area contributed by atoms with Crippen LogP contribution in [0.4, 0.5) is 0 Å². The molecule has 104 valence electrons. The summed E-state index contributed by atoms with van der Waals surface area (Å²) in [6, 6.07) is 9.12. The van der Waals surface area contributed by atoms with Crippen LogP contribution >= 0.6 is 0 Å². The summed E-state index contributed by atoms with van der Waals surface area (Å²) in [4.78, 5) is 12.2. The first-order valence-electron chi connectivity index (χ1n) is 6.94. The third kappa shape index (κ3) is 3.55. The second-order valence-corrected chi connectivity index (χ2v) is 5.21. The van der Waals surface area contributed by atoms with Gasteiger partial charge < -0.3 is 16.2 Å². The van der Waals surface area contributed by atoms with Crippen molar-refractivity contribution in [3.63, 3.8) is 0 Å². The normalized spacial score (nSPS) is 24.7. The molecule has 1 fully saturated rings. The minimum Gasteiger partial charge on any atom is -0.394 e. The number of amides is 1. The standard InChI is InChI=1S/C15H22N2O2/c16-13-9-5-4-8-12(13)15(19)17-14(10-18)11-6-2-1-3-7-11/h1-3,6-7,12-14,18H,4-5,8-10,16H2,(H,17,19). The van der Waals surface area contributed by atoms with Crippen LogP contribution in [0.15, 0.2) is 30.3 Å². The van der Waals surface area contributed by atoms with Crippen molar-refractivity contribution in [1.82, 2.24) is 5.32 Å². The highest BCUT2D eigenvalue weighted by atomic mass is 16.3. The highest BCUT2D eigenvalue weighted by Crippen LogP contribution is 2.24. The van der Waals surface area contributed by atoms with Crippen molar-refractivity contribution in [3.05, 3.63) is 35.9 Å². The Kier molecular flexibility index (Phi) is 4.93. The SMILES string of the molecule is NC1CCCCC1C(=O)NC(CO)c1ccccc1. The first kappa shape index (κ1) is 14.0. The van der Waals surface area contributed by atoms with E-state index in [9.17, 15) is 9.90 Å². The Labute approximate surface area is 114 Å². The van der Waals surface area contributed by atoms with Crippen LogP contribution in [-0.4, -0.2) is 23.7 Å². The molecule has 0 radical (unpaired) electrons. The van der Waals surface area contributed by atoms with Crippen LogP contribution in [0.3, 0.4) is 0 Å². The average molecular weight is 262 g/mol. The molecule has 1 saturated carbocycles. The molecule has 0 heterocycles. The van der Waals surface area contributed by atoms with Gasteiger partial charge in [0.2, 0.25) is 5.91 Å². The van der Waals surface area contributed by atoms with Gasteiger partial charge in [-0.2, -0.15) is 0 Å². The average Bonchev–Trinajstić information content (AvgIpc) is 2.46. The molecule has 4 nitrogen and oxygen atoms in total. The Morgan fingerprint density at radius 1 is 1.32 bits per heavy atom. The monoisotopic (exact) mass is 262 g/mol. The number of carbonyl (C=O) groups excluding carboxylic acids is 1.